The molecule has 0 fully saturated rings. The predicted molar refractivity (Wildman–Crippen MR) is 88.1 cm³/mol. The summed E-state index contributed by atoms with van der Waals surface area (Å²) in [5.74, 6) is 1.76. The molecule has 21 heavy (non-hydrogen) atoms. The molecule has 3 rings (SSSR count). The van der Waals surface area contributed by atoms with Gasteiger partial charge in [0.2, 0.25) is 0 Å². The number of thiophene rings is 1. The van der Waals surface area contributed by atoms with Crippen molar-refractivity contribution in [3.05, 3.63) is 46.4 Å². The molecule has 0 radical (unpaired) electrons. The molecule has 0 aliphatic carbocycles. The van der Waals surface area contributed by atoms with Crippen molar-refractivity contribution >= 4 is 27.4 Å². The zero-order valence-corrected chi connectivity index (χ0v) is 13.3. The number of pyridine rings is 1. The summed E-state index contributed by atoms with van der Waals surface area (Å²) in [6.45, 7) is 7.05. The first-order valence-corrected chi connectivity index (χ1v) is 7.84. The smallest absolute Gasteiger partial charge is 0.138 e. The SMILES string of the molecule is Cc1nc(NCCc2cccnc2)c2c(C)c(C)sc2n1. The summed E-state index contributed by atoms with van der Waals surface area (Å²) in [6.07, 6.45) is 4.63. The molecule has 108 valence electrons. The monoisotopic (exact) mass is 298 g/mol. The summed E-state index contributed by atoms with van der Waals surface area (Å²) >= 11 is 1.74. The van der Waals surface area contributed by atoms with Crippen LogP contribution in [0.3, 0.4) is 0 Å². The van der Waals surface area contributed by atoms with E-state index in [0.717, 1.165) is 34.8 Å². The molecule has 0 aromatic carbocycles. The largest absolute Gasteiger partial charge is 0.369 e. The van der Waals surface area contributed by atoms with E-state index in [2.05, 4.69) is 40.2 Å². The van der Waals surface area contributed by atoms with Gasteiger partial charge < -0.3 is 5.32 Å². The summed E-state index contributed by atoms with van der Waals surface area (Å²) in [7, 11) is 0. The molecule has 0 atom stereocenters. The van der Waals surface area contributed by atoms with Gasteiger partial charge in [0, 0.05) is 23.8 Å². The van der Waals surface area contributed by atoms with Gasteiger partial charge in [0.05, 0.1) is 5.39 Å². The van der Waals surface area contributed by atoms with Gasteiger partial charge in [-0.2, -0.15) is 0 Å². The molecule has 0 aliphatic heterocycles. The normalized spacial score (nSPS) is 11.0. The van der Waals surface area contributed by atoms with E-state index in [1.54, 1.807) is 17.5 Å². The van der Waals surface area contributed by atoms with E-state index in [9.17, 15) is 0 Å². The van der Waals surface area contributed by atoms with Gasteiger partial charge in [0.15, 0.2) is 0 Å². The fourth-order valence-electron chi connectivity index (χ4n) is 2.36. The lowest BCUT2D eigenvalue weighted by molar-refractivity contribution is 0.985. The summed E-state index contributed by atoms with van der Waals surface area (Å²) in [6, 6.07) is 4.06. The fraction of sp³-hybridized carbons (Fsp3) is 0.312. The first kappa shape index (κ1) is 13.9. The minimum absolute atomic E-state index is 0.813. The van der Waals surface area contributed by atoms with Gasteiger partial charge in [0.1, 0.15) is 16.5 Å². The molecule has 0 saturated carbocycles. The molecule has 0 bridgehead atoms. The highest BCUT2D eigenvalue weighted by Gasteiger charge is 2.12. The molecule has 3 heterocycles. The van der Waals surface area contributed by atoms with Crippen LogP contribution in [-0.2, 0) is 6.42 Å². The maximum Gasteiger partial charge on any atom is 0.138 e. The summed E-state index contributed by atoms with van der Waals surface area (Å²) < 4.78 is 0. The topological polar surface area (TPSA) is 50.7 Å². The number of hydrogen-bond acceptors (Lipinski definition) is 5. The third kappa shape index (κ3) is 2.88. The van der Waals surface area contributed by atoms with Crippen molar-refractivity contribution in [2.45, 2.75) is 27.2 Å². The summed E-state index contributed by atoms with van der Waals surface area (Å²) in [4.78, 5) is 15.6. The van der Waals surface area contributed by atoms with Gasteiger partial charge in [-0.25, -0.2) is 9.97 Å². The standard InChI is InChI=1S/C16H18N4S/c1-10-11(2)21-16-14(10)15(19-12(3)20-16)18-8-6-13-5-4-7-17-9-13/h4-5,7,9H,6,8H2,1-3H3,(H,18,19,20). The quantitative estimate of drug-likeness (QED) is 0.798. The molecule has 4 nitrogen and oxygen atoms in total. The first-order valence-electron chi connectivity index (χ1n) is 7.02. The Morgan fingerprint density at radius 2 is 2.05 bits per heavy atom. The highest BCUT2D eigenvalue weighted by atomic mass is 32.1. The van der Waals surface area contributed by atoms with Crippen LogP contribution in [0.4, 0.5) is 5.82 Å². The third-order valence-electron chi connectivity index (χ3n) is 3.57. The molecule has 0 unspecified atom stereocenters. The second-order valence-corrected chi connectivity index (χ2v) is 6.32. The Kier molecular flexibility index (Phi) is 3.84. The van der Waals surface area contributed by atoms with Crippen LogP contribution in [0.15, 0.2) is 24.5 Å². The second kappa shape index (κ2) is 5.77. The molecule has 3 aromatic heterocycles. The minimum Gasteiger partial charge on any atom is -0.369 e. The third-order valence-corrected chi connectivity index (χ3v) is 4.67. The Morgan fingerprint density at radius 3 is 2.81 bits per heavy atom. The maximum absolute atomic E-state index is 4.58. The van der Waals surface area contributed by atoms with Gasteiger partial charge in [-0.1, -0.05) is 6.07 Å². The van der Waals surface area contributed by atoms with Crippen molar-refractivity contribution < 1.29 is 0 Å². The Morgan fingerprint density at radius 1 is 1.19 bits per heavy atom. The lowest BCUT2D eigenvalue weighted by atomic mass is 10.2. The van der Waals surface area contributed by atoms with Crippen LogP contribution in [0.5, 0.6) is 0 Å². The van der Waals surface area contributed by atoms with Gasteiger partial charge in [-0.05, 0) is 44.4 Å². The van der Waals surface area contributed by atoms with Gasteiger partial charge in [-0.3, -0.25) is 4.98 Å². The Balaban J connectivity index is 1.83. The van der Waals surface area contributed by atoms with Gasteiger partial charge in [-0.15, -0.1) is 11.3 Å². The molecule has 0 aliphatic rings. The average Bonchev–Trinajstić information content (AvgIpc) is 2.75. The van der Waals surface area contributed by atoms with E-state index in [4.69, 9.17) is 0 Å². The Labute approximate surface area is 128 Å². The number of nitrogens with one attached hydrogen (secondary N) is 1. The van der Waals surface area contributed by atoms with E-state index in [1.165, 1.54) is 16.0 Å². The van der Waals surface area contributed by atoms with Crippen LogP contribution in [-0.4, -0.2) is 21.5 Å². The fourth-order valence-corrected chi connectivity index (χ4v) is 3.43. The van der Waals surface area contributed by atoms with Crippen molar-refractivity contribution in [2.24, 2.45) is 0 Å². The zero-order valence-electron chi connectivity index (χ0n) is 12.5. The average molecular weight is 298 g/mol. The number of anilines is 1. The minimum atomic E-state index is 0.813. The van der Waals surface area contributed by atoms with Crippen LogP contribution in [0, 0.1) is 20.8 Å². The number of aromatic nitrogens is 3. The van der Waals surface area contributed by atoms with E-state index >= 15 is 0 Å². The molecule has 3 aromatic rings. The maximum atomic E-state index is 4.58. The molecule has 1 N–H and O–H groups in total. The number of hydrogen-bond donors (Lipinski definition) is 1. The van der Waals surface area contributed by atoms with Crippen molar-refractivity contribution in [1.29, 1.82) is 0 Å². The summed E-state index contributed by atoms with van der Waals surface area (Å²) in [5.41, 5.74) is 2.50. The Hall–Kier alpha value is -2.01. The molecule has 5 heteroatoms. The van der Waals surface area contributed by atoms with Crippen LogP contribution >= 0.6 is 11.3 Å². The lowest BCUT2D eigenvalue weighted by Crippen LogP contribution is -2.08. The van der Waals surface area contributed by atoms with Gasteiger partial charge >= 0.3 is 0 Å². The van der Waals surface area contributed by atoms with Crippen molar-refractivity contribution in [3.8, 4) is 0 Å². The van der Waals surface area contributed by atoms with Crippen LogP contribution in [0.1, 0.15) is 21.8 Å². The lowest BCUT2D eigenvalue weighted by Gasteiger charge is -2.08. The van der Waals surface area contributed by atoms with E-state index in [-0.39, 0.29) is 0 Å². The van der Waals surface area contributed by atoms with Crippen molar-refractivity contribution in [2.75, 3.05) is 11.9 Å². The number of nitrogens with zero attached hydrogens (tertiary/aromatic N) is 3. The van der Waals surface area contributed by atoms with Crippen LogP contribution in [0.25, 0.3) is 10.2 Å². The number of aryl methyl sites for hydroxylation is 3. The van der Waals surface area contributed by atoms with Crippen molar-refractivity contribution in [1.82, 2.24) is 15.0 Å². The number of rotatable bonds is 4. The molecular weight excluding hydrogens is 280 g/mol. The summed E-state index contributed by atoms with van der Waals surface area (Å²) in [5, 5.41) is 4.62. The van der Waals surface area contributed by atoms with E-state index in [0.29, 0.717) is 0 Å². The van der Waals surface area contributed by atoms with Crippen molar-refractivity contribution in [3.63, 3.8) is 0 Å². The molecule has 0 spiro atoms. The molecule has 0 amide bonds. The molecule has 0 saturated heterocycles. The second-order valence-electron chi connectivity index (χ2n) is 5.12. The predicted octanol–water partition coefficient (Wildman–Crippen LogP) is 3.67. The van der Waals surface area contributed by atoms with Crippen LogP contribution in [0.2, 0.25) is 0 Å². The highest BCUT2D eigenvalue weighted by molar-refractivity contribution is 7.18. The van der Waals surface area contributed by atoms with E-state index in [1.807, 2.05) is 19.2 Å². The van der Waals surface area contributed by atoms with Gasteiger partial charge in [0.25, 0.3) is 0 Å². The molecular formula is C16H18N4S. The Bertz CT molecular complexity index is 765. The highest BCUT2D eigenvalue weighted by Crippen LogP contribution is 2.33. The van der Waals surface area contributed by atoms with Crippen LogP contribution < -0.4 is 5.32 Å². The van der Waals surface area contributed by atoms with E-state index < -0.39 is 0 Å². The number of fused-ring (bicyclic) bond motifs is 1. The first-order chi connectivity index (χ1) is 10.1. The zero-order chi connectivity index (χ0) is 14.8.